The number of furan rings is 1. The number of rotatable bonds is 2. The van der Waals surface area contributed by atoms with Gasteiger partial charge in [0.1, 0.15) is 11.2 Å². The third-order valence-corrected chi connectivity index (χ3v) is 6.13. The molecule has 0 aliphatic heterocycles. The number of hydrogen-bond donors (Lipinski definition) is 0. The molecule has 154 valence electrons. The molecule has 0 bridgehead atoms. The third-order valence-electron chi connectivity index (χ3n) is 6.13. The van der Waals surface area contributed by atoms with Gasteiger partial charge in [-0.1, -0.05) is 60.7 Å². The first-order valence-electron chi connectivity index (χ1n) is 10.9. The summed E-state index contributed by atoms with van der Waals surface area (Å²) in [5, 5.41) is 4.29. The fourth-order valence-corrected chi connectivity index (χ4v) is 4.57. The zero-order valence-corrected chi connectivity index (χ0v) is 17.6. The van der Waals surface area contributed by atoms with Crippen LogP contribution in [0.1, 0.15) is 0 Å². The first kappa shape index (κ1) is 18.0. The highest BCUT2D eigenvalue weighted by Crippen LogP contribution is 2.35. The zero-order valence-electron chi connectivity index (χ0n) is 17.6. The predicted molar refractivity (Wildman–Crippen MR) is 133 cm³/mol. The Morgan fingerprint density at radius 3 is 2.39 bits per heavy atom. The second kappa shape index (κ2) is 6.97. The van der Waals surface area contributed by atoms with Gasteiger partial charge in [-0.05, 0) is 36.4 Å². The van der Waals surface area contributed by atoms with E-state index < -0.39 is 0 Å². The molecule has 0 aliphatic carbocycles. The fraction of sp³-hybridized carbons (Fsp3) is 0. The minimum atomic E-state index is 0.665. The highest BCUT2D eigenvalue weighted by molar-refractivity contribution is 6.06. The van der Waals surface area contributed by atoms with Gasteiger partial charge in [0, 0.05) is 38.9 Å². The number of aromatic nitrogens is 3. The first-order chi connectivity index (χ1) is 16.3. The van der Waals surface area contributed by atoms with E-state index in [1.165, 1.54) is 0 Å². The largest absolute Gasteiger partial charge is 0.456 e. The summed E-state index contributed by atoms with van der Waals surface area (Å²) in [6.07, 6.45) is 1.81. The maximum absolute atomic E-state index is 6.15. The van der Waals surface area contributed by atoms with E-state index in [0.717, 1.165) is 60.6 Å². The lowest BCUT2D eigenvalue weighted by Gasteiger charge is -2.10. The Kier molecular flexibility index (Phi) is 3.81. The maximum atomic E-state index is 6.15. The smallest absolute Gasteiger partial charge is 0.162 e. The maximum Gasteiger partial charge on any atom is 0.162 e. The SMILES string of the molecule is c1cnc2c(-c3nc(-c4ccc5c(c4)oc4ccccc45)c4ccccc4n3)cccc2c1. The molecule has 0 fully saturated rings. The van der Waals surface area contributed by atoms with Crippen LogP contribution in [0.5, 0.6) is 0 Å². The van der Waals surface area contributed by atoms with Gasteiger partial charge in [-0.3, -0.25) is 4.98 Å². The number of fused-ring (bicyclic) bond motifs is 5. The molecule has 0 N–H and O–H groups in total. The zero-order chi connectivity index (χ0) is 21.8. The molecule has 3 heterocycles. The quantitative estimate of drug-likeness (QED) is 0.290. The molecule has 0 saturated carbocycles. The molecule has 7 aromatic rings. The normalized spacial score (nSPS) is 11.6. The molecule has 0 aliphatic rings. The molecule has 4 aromatic carbocycles. The molecule has 0 atom stereocenters. The summed E-state index contributed by atoms with van der Waals surface area (Å²) < 4.78 is 6.15. The van der Waals surface area contributed by atoms with Gasteiger partial charge in [-0.25, -0.2) is 9.97 Å². The van der Waals surface area contributed by atoms with Crippen molar-refractivity contribution < 1.29 is 4.42 Å². The van der Waals surface area contributed by atoms with Crippen molar-refractivity contribution in [3.8, 4) is 22.6 Å². The number of nitrogens with zero attached hydrogens (tertiary/aromatic N) is 3. The van der Waals surface area contributed by atoms with Gasteiger partial charge in [0.05, 0.1) is 16.7 Å². The van der Waals surface area contributed by atoms with E-state index in [0.29, 0.717) is 5.82 Å². The Bertz CT molecular complexity index is 1830. The minimum Gasteiger partial charge on any atom is -0.456 e. The topological polar surface area (TPSA) is 51.8 Å². The Morgan fingerprint density at radius 2 is 1.42 bits per heavy atom. The van der Waals surface area contributed by atoms with E-state index in [1.54, 1.807) is 0 Å². The first-order valence-corrected chi connectivity index (χ1v) is 10.9. The van der Waals surface area contributed by atoms with Gasteiger partial charge < -0.3 is 4.42 Å². The van der Waals surface area contributed by atoms with Crippen LogP contribution >= 0.6 is 0 Å². The van der Waals surface area contributed by atoms with Crippen molar-refractivity contribution in [2.75, 3.05) is 0 Å². The minimum absolute atomic E-state index is 0.665. The summed E-state index contributed by atoms with van der Waals surface area (Å²) in [6, 6.07) is 32.7. The Morgan fingerprint density at radius 1 is 0.606 bits per heavy atom. The second-order valence-corrected chi connectivity index (χ2v) is 8.10. The molecular weight excluding hydrogens is 406 g/mol. The number of hydrogen-bond acceptors (Lipinski definition) is 4. The van der Waals surface area contributed by atoms with Crippen LogP contribution in [0.15, 0.2) is 108 Å². The summed E-state index contributed by atoms with van der Waals surface area (Å²) in [6.45, 7) is 0. The van der Waals surface area contributed by atoms with Crippen LogP contribution in [0, 0.1) is 0 Å². The van der Waals surface area contributed by atoms with Crippen LogP contribution in [0.2, 0.25) is 0 Å². The molecule has 0 radical (unpaired) electrons. The van der Waals surface area contributed by atoms with Crippen LogP contribution in [0.4, 0.5) is 0 Å². The van der Waals surface area contributed by atoms with Gasteiger partial charge in [0.25, 0.3) is 0 Å². The summed E-state index contributed by atoms with van der Waals surface area (Å²) in [5.41, 5.74) is 6.33. The summed E-state index contributed by atoms with van der Waals surface area (Å²) >= 11 is 0. The standard InChI is InChI=1S/C29H17N3O/c1-3-12-24-22(10-1)28(19-14-15-21-20-9-2-4-13-25(20)33-26(21)17-19)32-29(31-24)23-11-5-7-18-8-6-16-30-27(18)23/h1-17H. The predicted octanol–water partition coefficient (Wildman–Crippen LogP) is 7.41. The molecule has 7 rings (SSSR count). The Labute approximate surface area is 189 Å². The summed E-state index contributed by atoms with van der Waals surface area (Å²) in [4.78, 5) is 14.6. The Balaban J connectivity index is 1.51. The molecule has 0 amide bonds. The monoisotopic (exact) mass is 423 g/mol. The molecule has 0 spiro atoms. The fourth-order valence-electron chi connectivity index (χ4n) is 4.57. The van der Waals surface area contributed by atoms with Gasteiger partial charge in [-0.2, -0.15) is 0 Å². The highest BCUT2D eigenvalue weighted by atomic mass is 16.3. The van der Waals surface area contributed by atoms with E-state index in [4.69, 9.17) is 14.4 Å². The lowest BCUT2D eigenvalue weighted by molar-refractivity contribution is 0.669. The van der Waals surface area contributed by atoms with Crippen LogP contribution in [-0.4, -0.2) is 15.0 Å². The average Bonchev–Trinajstić information content (AvgIpc) is 3.25. The van der Waals surface area contributed by atoms with E-state index in [9.17, 15) is 0 Å². The molecular formula is C29H17N3O. The van der Waals surface area contributed by atoms with Crippen LogP contribution in [-0.2, 0) is 0 Å². The number of pyridine rings is 1. The van der Waals surface area contributed by atoms with Crippen molar-refractivity contribution in [1.82, 2.24) is 15.0 Å². The molecule has 4 heteroatoms. The molecule has 3 aromatic heterocycles. The summed E-state index contributed by atoms with van der Waals surface area (Å²) in [5.74, 6) is 0.665. The van der Waals surface area contributed by atoms with Gasteiger partial charge in [-0.15, -0.1) is 0 Å². The molecule has 33 heavy (non-hydrogen) atoms. The third kappa shape index (κ3) is 2.81. The van der Waals surface area contributed by atoms with Crippen molar-refractivity contribution >= 4 is 43.7 Å². The van der Waals surface area contributed by atoms with E-state index in [1.807, 2.05) is 60.8 Å². The number of benzene rings is 4. The Hall–Kier alpha value is -4.57. The average molecular weight is 423 g/mol. The van der Waals surface area contributed by atoms with Crippen molar-refractivity contribution in [3.05, 3.63) is 103 Å². The van der Waals surface area contributed by atoms with Gasteiger partial charge in [0.15, 0.2) is 5.82 Å². The van der Waals surface area contributed by atoms with E-state index >= 15 is 0 Å². The van der Waals surface area contributed by atoms with E-state index in [2.05, 4.69) is 47.4 Å². The van der Waals surface area contributed by atoms with Crippen LogP contribution in [0.25, 0.3) is 66.4 Å². The van der Waals surface area contributed by atoms with E-state index in [-0.39, 0.29) is 0 Å². The molecule has 4 nitrogen and oxygen atoms in total. The molecule has 0 unspecified atom stereocenters. The van der Waals surface area contributed by atoms with Crippen LogP contribution in [0.3, 0.4) is 0 Å². The van der Waals surface area contributed by atoms with Gasteiger partial charge >= 0.3 is 0 Å². The second-order valence-electron chi connectivity index (χ2n) is 8.10. The lowest BCUT2D eigenvalue weighted by atomic mass is 10.0. The van der Waals surface area contributed by atoms with Crippen molar-refractivity contribution in [3.63, 3.8) is 0 Å². The van der Waals surface area contributed by atoms with Crippen molar-refractivity contribution in [2.45, 2.75) is 0 Å². The van der Waals surface area contributed by atoms with Crippen LogP contribution < -0.4 is 0 Å². The molecule has 0 saturated heterocycles. The van der Waals surface area contributed by atoms with Crippen molar-refractivity contribution in [1.29, 1.82) is 0 Å². The summed E-state index contributed by atoms with van der Waals surface area (Å²) in [7, 11) is 0. The van der Waals surface area contributed by atoms with Gasteiger partial charge in [0.2, 0.25) is 0 Å². The lowest BCUT2D eigenvalue weighted by Crippen LogP contribution is -1.96. The van der Waals surface area contributed by atoms with Crippen molar-refractivity contribution in [2.24, 2.45) is 0 Å². The highest BCUT2D eigenvalue weighted by Gasteiger charge is 2.15. The number of para-hydroxylation sites is 3.